The Morgan fingerprint density at radius 1 is 1.10 bits per heavy atom. The standard InChI is InChI=1S/C17H18FNO/c1-13-5-3-4-6-15(13)11-19(2)12-17(20)14-7-9-16(18)10-8-14/h3-10H,11-12H2,1-2H3. The molecule has 3 heteroatoms. The second kappa shape index (κ2) is 6.44. The van der Waals surface area contributed by atoms with E-state index in [-0.39, 0.29) is 11.6 Å². The van der Waals surface area contributed by atoms with E-state index in [0.717, 1.165) is 6.54 Å². The molecule has 0 saturated heterocycles. The molecule has 0 radical (unpaired) electrons. The second-order valence-electron chi connectivity index (χ2n) is 5.03. The van der Waals surface area contributed by atoms with E-state index in [4.69, 9.17) is 0 Å². The lowest BCUT2D eigenvalue weighted by atomic mass is 10.1. The van der Waals surface area contributed by atoms with Crippen LogP contribution in [0.3, 0.4) is 0 Å². The molecule has 0 fully saturated rings. The number of carbonyl (C=O) groups excluding carboxylic acids is 1. The van der Waals surface area contributed by atoms with Crippen LogP contribution in [0.4, 0.5) is 4.39 Å². The first-order chi connectivity index (χ1) is 9.56. The van der Waals surface area contributed by atoms with Crippen molar-refractivity contribution in [2.75, 3.05) is 13.6 Å². The Morgan fingerprint density at radius 3 is 2.40 bits per heavy atom. The lowest BCUT2D eigenvalue weighted by Gasteiger charge is -2.17. The highest BCUT2D eigenvalue weighted by Gasteiger charge is 2.10. The quantitative estimate of drug-likeness (QED) is 0.776. The van der Waals surface area contributed by atoms with E-state index in [1.54, 1.807) is 0 Å². The van der Waals surface area contributed by atoms with E-state index < -0.39 is 0 Å². The molecule has 0 atom stereocenters. The molecule has 2 aromatic carbocycles. The van der Waals surface area contributed by atoms with Crippen LogP contribution in [0.15, 0.2) is 48.5 Å². The number of aryl methyl sites for hydroxylation is 1. The summed E-state index contributed by atoms with van der Waals surface area (Å²) in [5, 5.41) is 0. The number of Topliss-reactive ketones (excluding diaryl/α,β-unsaturated/α-hetero) is 1. The average Bonchev–Trinajstić information content (AvgIpc) is 2.42. The number of ketones is 1. The van der Waals surface area contributed by atoms with Crippen LogP contribution in [0.5, 0.6) is 0 Å². The van der Waals surface area contributed by atoms with Crippen molar-refractivity contribution in [2.45, 2.75) is 13.5 Å². The summed E-state index contributed by atoms with van der Waals surface area (Å²) in [6.07, 6.45) is 0. The molecule has 0 N–H and O–H groups in total. The van der Waals surface area contributed by atoms with Gasteiger partial charge in [0, 0.05) is 12.1 Å². The summed E-state index contributed by atoms with van der Waals surface area (Å²) < 4.78 is 12.8. The highest BCUT2D eigenvalue weighted by atomic mass is 19.1. The molecule has 0 saturated carbocycles. The van der Waals surface area contributed by atoms with E-state index in [2.05, 4.69) is 19.1 Å². The van der Waals surface area contributed by atoms with Crippen LogP contribution in [-0.2, 0) is 6.54 Å². The molecule has 20 heavy (non-hydrogen) atoms. The fourth-order valence-electron chi connectivity index (χ4n) is 2.11. The van der Waals surface area contributed by atoms with Crippen LogP contribution < -0.4 is 0 Å². The largest absolute Gasteiger partial charge is 0.295 e. The minimum atomic E-state index is -0.324. The fourth-order valence-corrected chi connectivity index (χ4v) is 2.11. The number of halogens is 1. The van der Waals surface area contributed by atoms with Crippen molar-refractivity contribution in [3.8, 4) is 0 Å². The highest BCUT2D eigenvalue weighted by molar-refractivity contribution is 5.97. The molecule has 0 aliphatic carbocycles. The van der Waals surface area contributed by atoms with Crippen LogP contribution in [0.1, 0.15) is 21.5 Å². The minimum Gasteiger partial charge on any atom is -0.295 e. The van der Waals surface area contributed by atoms with Gasteiger partial charge in [-0.15, -0.1) is 0 Å². The van der Waals surface area contributed by atoms with Gasteiger partial charge in [0.2, 0.25) is 0 Å². The van der Waals surface area contributed by atoms with Gasteiger partial charge in [0.25, 0.3) is 0 Å². The van der Waals surface area contributed by atoms with Gasteiger partial charge in [-0.25, -0.2) is 4.39 Å². The summed E-state index contributed by atoms with van der Waals surface area (Å²) >= 11 is 0. The molecule has 0 unspecified atom stereocenters. The maximum atomic E-state index is 12.8. The van der Waals surface area contributed by atoms with Gasteiger partial charge < -0.3 is 0 Å². The smallest absolute Gasteiger partial charge is 0.176 e. The van der Waals surface area contributed by atoms with Crippen molar-refractivity contribution in [1.29, 1.82) is 0 Å². The first-order valence-corrected chi connectivity index (χ1v) is 6.58. The van der Waals surface area contributed by atoms with E-state index in [0.29, 0.717) is 12.1 Å². The number of hydrogen-bond donors (Lipinski definition) is 0. The number of rotatable bonds is 5. The molecule has 0 heterocycles. The highest BCUT2D eigenvalue weighted by Crippen LogP contribution is 2.10. The molecule has 0 aliphatic rings. The normalized spacial score (nSPS) is 10.8. The van der Waals surface area contributed by atoms with Gasteiger partial charge in [-0.05, 0) is 49.4 Å². The van der Waals surface area contributed by atoms with Gasteiger partial charge in [0.05, 0.1) is 6.54 Å². The number of carbonyl (C=O) groups is 1. The van der Waals surface area contributed by atoms with Crippen LogP contribution in [0.2, 0.25) is 0 Å². The Kier molecular flexibility index (Phi) is 4.64. The molecular formula is C17H18FNO. The number of benzene rings is 2. The zero-order valence-electron chi connectivity index (χ0n) is 11.8. The van der Waals surface area contributed by atoms with Gasteiger partial charge in [0.1, 0.15) is 5.82 Å². The third-order valence-electron chi connectivity index (χ3n) is 3.28. The number of hydrogen-bond acceptors (Lipinski definition) is 2. The van der Waals surface area contributed by atoms with E-state index in [1.165, 1.54) is 35.4 Å². The lowest BCUT2D eigenvalue weighted by Crippen LogP contribution is -2.25. The summed E-state index contributed by atoms with van der Waals surface area (Å²) in [7, 11) is 1.91. The van der Waals surface area contributed by atoms with Crippen LogP contribution in [0.25, 0.3) is 0 Å². The summed E-state index contributed by atoms with van der Waals surface area (Å²) in [6, 6.07) is 13.8. The zero-order chi connectivity index (χ0) is 14.5. The van der Waals surface area contributed by atoms with Crippen LogP contribution in [0, 0.1) is 12.7 Å². The fraction of sp³-hybridized carbons (Fsp3) is 0.235. The average molecular weight is 271 g/mol. The third kappa shape index (κ3) is 3.75. The molecule has 2 aromatic rings. The molecule has 2 rings (SSSR count). The Hall–Kier alpha value is -2.00. The first-order valence-electron chi connectivity index (χ1n) is 6.58. The summed E-state index contributed by atoms with van der Waals surface area (Å²) in [4.78, 5) is 14.0. The van der Waals surface area contributed by atoms with Gasteiger partial charge in [-0.2, -0.15) is 0 Å². The lowest BCUT2D eigenvalue weighted by molar-refractivity contribution is 0.0943. The van der Waals surface area contributed by atoms with Crippen molar-refractivity contribution in [1.82, 2.24) is 4.90 Å². The van der Waals surface area contributed by atoms with Crippen LogP contribution in [-0.4, -0.2) is 24.3 Å². The monoisotopic (exact) mass is 271 g/mol. The van der Waals surface area contributed by atoms with Crippen molar-refractivity contribution in [2.24, 2.45) is 0 Å². The van der Waals surface area contributed by atoms with Gasteiger partial charge in [-0.1, -0.05) is 24.3 Å². The Balaban J connectivity index is 1.98. The maximum Gasteiger partial charge on any atom is 0.176 e. The number of likely N-dealkylation sites (N-methyl/N-ethyl adjacent to an activating group) is 1. The second-order valence-corrected chi connectivity index (χ2v) is 5.03. The molecule has 104 valence electrons. The molecule has 0 amide bonds. The van der Waals surface area contributed by atoms with E-state index >= 15 is 0 Å². The van der Waals surface area contributed by atoms with E-state index in [9.17, 15) is 9.18 Å². The van der Waals surface area contributed by atoms with Crippen LogP contribution >= 0.6 is 0 Å². The Morgan fingerprint density at radius 2 is 1.75 bits per heavy atom. The molecule has 0 spiro atoms. The summed E-state index contributed by atoms with van der Waals surface area (Å²) in [5.74, 6) is -0.323. The molecule has 2 nitrogen and oxygen atoms in total. The first kappa shape index (κ1) is 14.4. The van der Waals surface area contributed by atoms with Crippen molar-refractivity contribution in [3.05, 3.63) is 71.0 Å². The van der Waals surface area contributed by atoms with Crippen molar-refractivity contribution >= 4 is 5.78 Å². The van der Waals surface area contributed by atoms with Gasteiger partial charge >= 0.3 is 0 Å². The van der Waals surface area contributed by atoms with Gasteiger partial charge in [-0.3, -0.25) is 9.69 Å². The zero-order valence-corrected chi connectivity index (χ0v) is 11.8. The van der Waals surface area contributed by atoms with E-state index in [1.807, 2.05) is 24.1 Å². The Bertz CT molecular complexity index is 592. The predicted octanol–water partition coefficient (Wildman–Crippen LogP) is 3.45. The predicted molar refractivity (Wildman–Crippen MR) is 78.2 cm³/mol. The summed E-state index contributed by atoms with van der Waals surface area (Å²) in [6.45, 7) is 3.10. The molecule has 0 aliphatic heterocycles. The maximum absolute atomic E-state index is 12.8. The summed E-state index contributed by atoms with van der Waals surface area (Å²) in [5.41, 5.74) is 2.97. The molecule has 0 aromatic heterocycles. The van der Waals surface area contributed by atoms with Crippen molar-refractivity contribution < 1.29 is 9.18 Å². The molecular weight excluding hydrogens is 253 g/mol. The Labute approximate surface area is 118 Å². The van der Waals surface area contributed by atoms with Crippen molar-refractivity contribution in [3.63, 3.8) is 0 Å². The third-order valence-corrected chi connectivity index (χ3v) is 3.28. The topological polar surface area (TPSA) is 20.3 Å². The number of nitrogens with zero attached hydrogens (tertiary/aromatic N) is 1. The molecule has 0 bridgehead atoms. The SMILES string of the molecule is Cc1ccccc1CN(C)CC(=O)c1ccc(F)cc1. The van der Waals surface area contributed by atoms with Gasteiger partial charge in [0.15, 0.2) is 5.78 Å². The minimum absolute atomic E-state index is 0.00100.